The third-order valence-corrected chi connectivity index (χ3v) is 5.25. The average molecular weight is 353 g/mol. The van der Waals surface area contributed by atoms with Gasteiger partial charge in [0, 0.05) is 29.6 Å². The fourth-order valence-electron chi connectivity index (χ4n) is 3.07. The van der Waals surface area contributed by atoms with Gasteiger partial charge in [0.15, 0.2) is 0 Å². The lowest BCUT2D eigenvalue weighted by molar-refractivity contribution is 0.220. The largest absolute Gasteiger partial charge is 0.365 e. The zero-order valence-electron chi connectivity index (χ0n) is 14.2. The number of halogens is 1. The molecule has 1 aliphatic heterocycles. The SMILES string of the molecule is Cc1ccc(Br)c(N2CC(C(C)(C)C)NCC2C(C)C)c1. The van der Waals surface area contributed by atoms with Crippen molar-refractivity contribution >= 4 is 21.6 Å². The van der Waals surface area contributed by atoms with Crippen LogP contribution in [0.25, 0.3) is 0 Å². The zero-order chi connectivity index (χ0) is 15.8. The van der Waals surface area contributed by atoms with E-state index in [1.165, 1.54) is 15.7 Å². The third kappa shape index (κ3) is 3.81. The van der Waals surface area contributed by atoms with Crippen LogP contribution in [-0.2, 0) is 0 Å². The first-order valence-electron chi connectivity index (χ1n) is 7.96. The Morgan fingerprint density at radius 1 is 1.29 bits per heavy atom. The number of nitrogens with one attached hydrogen (secondary N) is 1. The van der Waals surface area contributed by atoms with E-state index < -0.39 is 0 Å². The second kappa shape index (κ2) is 6.29. The normalized spacial score (nSPS) is 23.7. The molecule has 2 nitrogen and oxygen atoms in total. The first-order valence-corrected chi connectivity index (χ1v) is 8.75. The highest BCUT2D eigenvalue weighted by molar-refractivity contribution is 9.10. The van der Waals surface area contributed by atoms with E-state index in [4.69, 9.17) is 0 Å². The van der Waals surface area contributed by atoms with Crippen molar-refractivity contribution in [2.75, 3.05) is 18.0 Å². The molecular weight excluding hydrogens is 324 g/mol. The quantitative estimate of drug-likeness (QED) is 0.836. The molecule has 2 rings (SSSR count). The molecule has 0 amide bonds. The summed E-state index contributed by atoms with van der Waals surface area (Å²) in [5.74, 6) is 0.630. The van der Waals surface area contributed by atoms with Gasteiger partial charge in [0.25, 0.3) is 0 Å². The lowest BCUT2D eigenvalue weighted by Crippen LogP contribution is -2.62. The highest BCUT2D eigenvalue weighted by Gasteiger charge is 2.35. The summed E-state index contributed by atoms with van der Waals surface area (Å²) < 4.78 is 1.20. The van der Waals surface area contributed by atoms with Crippen molar-refractivity contribution in [3.63, 3.8) is 0 Å². The van der Waals surface area contributed by atoms with Gasteiger partial charge in [-0.2, -0.15) is 0 Å². The van der Waals surface area contributed by atoms with Gasteiger partial charge in [0.2, 0.25) is 0 Å². The summed E-state index contributed by atoms with van der Waals surface area (Å²) in [6.07, 6.45) is 0. The molecule has 21 heavy (non-hydrogen) atoms. The van der Waals surface area contributed by atoms with Gasteiger partial charge in [-0.1, -0.05) is 40.7 Å². The van der Waals surface area contributed by atoms with E-state index in [1.54, 1.807) is 0 Å². The van der Waals surface area contributed by atoms with Crippen LogP contribution >= 0.6 is 15.9 Å². The fourth-order valence-corrected chi connectivity index (χ4v) is 3.54. The van der Waals surface area contributed by atoms with Gasteiger partial charge in [-0.15, -0.1) is 0 Å². The second-order valence-corrected chi connectivity index (χ2v) is 8.60. The number of hydrogen-bond acceptors (Lipinski definition) is 2. The number of benzene rings is 1. The third-order valence-electron chi connectivity index (χ3n) is 4.58. The van der Waals surface area contributed by atoms with Crippen LogP contribution in [0.3, 0.4) is 0 Å². The molecule has 2 atom stereocenters. The Morgan fingerprint density at radius 3 is 2.52 bits per heavy atom. The van der Waals surface area contributed by atoms with Gasteiger partial charge in [-0.05, 0) is 51.9 Å². The number of rotatable bonds is 2. The standard InChI is InChI=1S/C18H29BrN2/c1-12(2)16-10-20-17(18(4,5)6)11-21(16)15-9-13(3)7-8-14(15)19/h7-9,12,16-17,20H,10-11H2,1-6H3. The van der Waals surface area contributed by atoms with Gasteiger partial charge in [0.1, 0.15) is 0 Å². The molecule has 1 N–H and O–H groups in total. The van der Waals surface area contributed by atoms with Crippen molar-refractivity contribution < 1.29 is 0 Å². The number of nitrogens with zero attached hydrogens (tertiary/aromatic N) is 1. The smallest absolute Gasteiger partial charge is 0.0516 e. The first kappa shape index (κ1) is 16.8. The zero-order valence-corrected chi connectivity index (χ0v) is 15.8. The topological polar surface area (TPSA) is 15.3 Å². The Balaban J connectivity index is 2.36. The monoisotopic (exact) mass is 352 g/mol. The number of hydrogen-bond donors (Lipinski definition) is 1. The molecule has 0 spiro atoms. The second-order valence-electron chi connectivity index (χ2n) is 7.75. The lowest BCUT2D eigenvalue weighted by Gasteiger charge is -2.48. The highest BCUT2D eigenvalue weighted by atomic mass is 79.9. The lowest BCUT2D eigenvalue weighted by atomic mass is 9.83. The molecule has 0 bridgehead atoms. The van der Waals surface area contributed by atoms with Crippen molar-refractivity contribution in [1.29, 1.82) is 0 Å². The predicted octanol–water partition coefficient (Wildman–Crippen LogP) is 4.61. The maximum Gasteiger partial charge on any atom is 0.0516 e. The molecule has 1 aromatic carbocycles. The van der Waals surface area contributed by atoms with Crippen LogP contribution in [0.5, 0.6) is 0 Å². The number of piperazine rings is 1. The summed E-state index contributed by atoms with van der Waals surface area (Å²) >= 11 is 3.75. The van der Waals surface area contributed by atoms with Crippen LogP contribution in [0.4, 0.5) is 5.69 Å². The van der Waals surface area contributed by atoms with Crippen molar-refractivity contribution in [2.45, 2.75) is 53.6 Å². The van der Waals surface area contributed by atoms with E-state index in [2.05, 4.69) is 85.9 Å². The molecule has 118 valence electrons. The summed E-state index contributed by atoms with van der Waals surface area (Å²) in [6.45, 7) is 15.9. The van der Waals surface area contributed by atoms with E-state index >= 15 is 0 Å². The molecule has 1 fully saturated rings. The average Bonchev–Trinajstić information content (AvgIpc) is 2.39. The van der Waals surface area contributed by atoms with Gasteiger partial charge in [-0.3, -0.25) is 0 Å². The molecule has 1 aromatic rings. The summed E-state index contributed by atoms with van der Waals surface area (Å²) in [7, 11) is 0. The Hall–Kier alpha value is -0.540. The van der Waals surface area contributed by atoms with Crippen molar-refractivity contribution in [2.24, 2.45) is 11.3 Å². The first-order chi connectivity index (χ1) is 9.70. The maximum atomic E-state index is 3.77. The summed E-state index contributed by atoms with van der Waals surface area (Å²) in [6, 6.07) is 7.71. The van der Waals surface area contributed by atoms with E-state index in [0.29, 0.717) is 18.0 Å². The molecule has 1 heterocycles. The Kier molecular flexibility index (Phi) is 5.04. The molecule has 1 saturated heterocycles. The van der Waals surface area contributed by atoms with E-state index in [-0.39, 0.29) is 5.41 Å². The van der Waals surface area contributed by atoms with E-state index in [0.717, 1.165) is 13.1 Å². The van der Waals surface area contributed by atoms with Crippen molar-refractivity contribution in [3.8, 4) is 0 Å². The fraction of sp³-hybridized carbons (Fsp3) is 0.667. The Labute approximate surface area is 138 Å². The van der Waals surface area contributed by atoms with Crippen LogP contribution < -0.4 is 10.2 Å². The van der Waals surface area contributed by atoms with Gasteiger partial charge in [0.05, 0.1) is 5.69 Å². The molecular formula is C18H29BrN2. The molecule has 0 radical (unpaired) electrons. The highest BCUT2D eigenvalue weighted by Crippen LogP contribution is 2.34. The predicted molar refractivity (Wildman–Crippen MR) is 96.1 cm³/mol. The van der Waals surface area contributed by atoms with Crippen LogP contribution in [0.15, 0.2) is 22.7 Å². The molecule has 0 aromatic heterocycles. The van der Waals surface area contributed by atoms with Crippen molar-refractivity contribution in [1.82, 2.24) is 5.32 Å². The number of aryl methyl sites for hydroxylation is 1. The van der Waals surface area contributed by atoms with Crippen molar-refractivity contribution in [3.05, 3.63) is 28.2 Å². The van der Waals surface area contributed by atoms with Crippen LogP contribution in [-0.4, -0.2) is 25.2 Å². The maximum absolute atomic E-state index is 3.77. The van der Waals surface area contributed by atoms with E-state index in [9.17, 15) is 0 Å². The van der Waals surface area contributed by atoms with Crippen LogP contribution in [0.2, 0.25) is 0 Å². The minimum Gasteiger partial charge on any atom is -0.365 e. The summed E-state index contributed by atoms with van der Waals surface area (Å²) in [5, 5.41) is 3.77. The van der Waals surface area contributed by atoms with Gasteiger partial charge < -0.3 is 10.2 Å². The van der Waals surface area contributed by atoms with Gasteiger partial charge in [-0.25, -0.2) is 0 Å². The number of anilines is 1. The van der Waals surface area contributed by atoms with Crippen LogP contribution in [0.1, 0.15) is 40.2 Å². The van der Waals surface area contributed by atoms with Gasteiger partial charge >= 0.3 is 0 Å². The minimum absolute atomic E-state index is 0.274. The molecule has 0 saturated carbocycles. The minimum atomic E-state index is 0.274. The van der Waals surface area contributed by atoms with Crippen LogP contribution in [0, 0.1) is 18.3 Å². The molecule has 1 aliphatic rings. The Bertz CT molecular complexity index is 490. The molecule has 2 unspecified atom stereocenters. The molecule has 3 heteroatoms. The summed E-state index contributed by atoms with van der Waals surface area (Å²) in [4.78, 5) is 2.61. The summed E-state index contributed by atoms with van der Waals surface area (Å²) in [5.41, 5.74) is 2.93. The molecule has 0 aliphatic carbocycles. The van der Waals surface area contributed by atoms with E-state index in [1.807, 2.05) is 0 Å². The Morgan fingerprint density at radius 2 is 1.95 bits per heavy atom.